The van der Waals surface area contributed by atoms with Gasteiger partial charge in [-0.05, 0) is 23.6 Å². The van der Waals surface area contributed by atoms with E-state index in [-0.39, 0.29) is 24.3 Å². The van der Waals surface area contributed by atoms with Crippen LogP contribution in [0.25, 0.3) is 0 Å². The Morgan fingerprint density at radius 2 is 1.56 bits per heavy atom. The van der Waals surface area contributed by atoms with E-state index in [2.05, 4.69) is 10.6 Å². The van der Waals surface area contributed by atoms with E-state index in [0.29, 0.717) is 12.3 Å². The van der Waals surface area contributed by atoms with E-state index < -0.39 is 6.04 Å². The molecular formula is C20H24N2O3. The third-order valence-corrected chi connectivity index (χ3v) is 3.69. The molecule has 0 spiro atoms. The number of carbonyl (C=O) groups is 2. The standard InChI is InChI=1S/C20H24N2O3/c1-15(2)19(20(24)21-13-16-9-5-3-6-10-16)22-18(23)14-25-17-11-7-4-8-12-17/h3-12,15,19H,13-14H2,1-2H3,(H,21,24)(H,22,23)/t19-/m0/s1. The van der Waals surface area contributed by atoms with E-state index in [9.17, 15) is 9.59 Å². The maximum absolute atomic E-state index is 12.4. The predicted octanol–water partition coefficient (Wildman–Crippen LogP) is 2.52. The summed E-state index contributed by atoms with van der Waals surface area (Å²) in [4.78, 5) is 24.5. The Hall–Kier alpha value is -2.82. The van der Waals surface area contributed by atoms with Crippen molar-refractivity contribution in [1.82, 2.24) is 10.6 Å². The predicted molar refractivity (Wildman–Crippen MR) is 97.0 cm³/mol. The van der Waals surface area contributed by atoms with Gasteiger partial charge < -0.3 is 15.4 Å². The van der Waals surface area contributed by atoms with Crippen LogP contribution in [0.5, 0.6) is 5.75 Å². The molecule has 0 fully saturated rings. The molecule has 0 radical (unpaired) electrons. The number of hydrogen-bond donors (Lipinski definition) is 2. The Morgan fingerprint density at radius 1 is 0.960 bits per heavy atom. The van der Waals surface area contributed by atoms with Gasteiger partial charge in [0.2, 0.25) is 5.91 Å². The van der Waals surface area contributed by atoms with Gasteiger partial charge in [-0.15, -0.1) is 0 Å². The average Bonchev–Trinajstić information content (AvgIpc) is 2.64. The number of amides is 2. The first kappa shape index (κ1) is 18.5. The van der Waals surface area contributed by atoms with Crippen molar-refractivity contribution in [1.29, 1.82) is 0 Å². The third kappa shape index (κ3) is 6.30. The lowest BCUT2D eigenvalue weighted by atomic mass is 10.0. The van der Waals surface area contributed by atoms with Crippen LogP contribution in [0.1, 0.15) is 19.4 Å². The summed E-state index contributed by atoms with van der Waals surface area (Å²) in [5.74, 6) is 0.0630. The first-order valence-electron chi connectivity index (χ1n) is 8.35. The van der Waals surface area contributed by atoms with Gasteiger partial charge in [0.15, 0.2) is 6.61 Å². The van der Waals surface area contributed by atoms with Crippen molar-refractivity contribution in [3.63, 3.8) is 0 Å². The van der Waals surface area contributed by atoms with E-state index in [4.69, 9.17) is 4.74 Å². The molecule has 0 saturated carbocycles. The molecule has 0 unspecified atom stereocenters. The van der Waals surface area contributed by atoms with Crippen molar-refractivity contribution in [2.45, 2.75) is 26.4 Å². The maximum Gasteiger partial charge on any atom is 0.258 e. The molecule has 132 valence electrons. The summed E-state index contributed by atoms with van der Waals surface area (Å²) < 4.78 is 5.41. The largest absolute Gasteiger partial charge is 0.484 e. The highest BCUT2D eigenvalue weighted by Crippen LogP contribution is 2.08. The summed E-state index contributed by atoms with van der Waals surface area (Å²) >= 11 is 0. The number of hydrogen-bond acceptors (Lipinski definition) is 3. The molecule has 1 atom stereocenters. The number of rotatable bonds is 8. The van der Waals surface area contributed by atoms with Gasteiger partial charge >= 0.3 is 0 Å². The molecule has 0 saturated heterocycles. The number of benzene rings is 2. The lowest BCUT2D eigenvalue weighted by Crippen LogP contribution is -2.50. The van der Waals surface area contributed by atoms with Crippen molar-refractivity contribution >= 4 is 11.8 Å². The highest BCUT2D eigenvalue weighted by atomic mass is 16.5. The van der Waals surface area contributed by atoms with E-state index >= 15 is 0 Å². The zero-order valence-corrected chi connectivity index (χ0v) is 14.6. The van der Waals surface area contributed by atoms with E-state index in [1.807, 2.05) is 62.4 Å². The van der Waals surface area contributed by atoms with Crippen molar-refractivity contribution in [3.8, 4) is 5.75 Å². The van der Waals surface area contributed by atoms with Gasteiger partial charge in [-0.25, -0.2) is 0 Å². The third-order valence-electron chi connectivity index (χ3n) is 3.69. The van der Waals surface area contributed by atoms with E-state index in [1.54, 1.807) is 12.1 Å². The van der Waals surface area contributed by atoms with Gasteiger partial charge in [-0.2, -0.15) is 0 Å². The van der Waals surface area contributed by atoms with Crippen LogP contribution in [0, 0.1) is 5.92 Å². The summed E-state index contributed by atoms with van der Waals surface area (Å²) in [7, 11) is 0. The van der Waals surface area contributed by atoms with Crippen molar-refractivity contribution in [2.24, 2.45) is 5.92 Å². The van der Waals surface area contributed by atoms with Gasteiger partial charge in [0.1, 0.15) is 11.8 Å². The molecular weight excluding hydrogens is 316 g/mol. The van der Waals surface area contributed by atoms with E-state index in [0.717, 1.165) is 5.56 Å². The molecule has 0 aromatic heterocycles. The molecule has 2 aromatic rings. The Bertz CT molecular complexity index is 672. The highest BCUT2D eigenvalue weighted by molar-refractivity contribution is 5.88. The fraction of sp³-hybridized carbons (Fsp3) is 0.300. The smallest absolute Gasteiger partial charge is 0.258 e. The minimum atomic E-state index is -0.601. The number of nitrogens with one attached hydrogen (secondary N) is 2. The van der Waals surface area contributed by atoms with Crippen molar-refractivity contribution in [3.05, 3.63) is 66.2 Å². The zero-order valence-electron chi connectivity index (χ0n) is 14.6. The second kappa shape index (κ2) is 9.47. The van der Waals surface area contributed by atoms with Gasteiger partial charge in [-0.1, -0.05) is 62.4 Å². The first-order valence-corrected chi connectivity index (χ1v) is 8.35. The quantitative estimate of drug-likeness (QED) is 0.776. The zero-order chi connectivity index (χ0) is 18.1. The van der Waals surface area contributed by atoms with Crippen LogP contribution >= 0.6 is 0 Å². The lowest BCUT2D eigenvalue weighted by molar-refractivity contribution is -0.131. The minimum absolute atomic E-state index is 0.0311. The van der Waals surface area contributed by atoms with Gasteiger partial charge in [0.25, 0.3) is 5.91 Å². The van der Waals surface area contributed by atoms with Crippen LogP contribution in [-0.2, 0) is 16.1 Å². The van der Waals surface area contributed by atoms with Crippen LogP contribution < -0.4 is 15.4 Å². The normalized spacial score (nSPS) is 11.6. The van der Waals surface area contributed by atoms with Crippen LogP contribution in [0.2, 0.25) is 0 Å². The topological polar surface area (TPSA) is 67.4 Å². The fourth-order valence-corrected chi connectivity index (χ4v) is 2.31. The summed E-state index contributed by atoms with van der Waals surface area (Å²) in [6.45, 7) is 4.09. The molecule has 5 heteroatoms. The molecule has 2 aromatic carbocycles. The van der Waals surface area contributed by atoms with Gasteiger partial charge in [0, 0.05) is 6.54 Å². The second-order valence-electron chi connectivity index (χ2n) is 6.09. The van der Waals surface area contributed by atoms with Crippen LogP contribution in [0.4, 0.5) is 0 Å². The molecule has 0 aliphatic carbocycles. The highest BCUT2D eigenvalue weighted by Gasteiger charge is 2.24. The SMILES string of the molecule is CC(C)[C@H](NC(=O)COc1ccccc1)C(=O)NCc1ccccc1. The molecule has 2 rings (SSSR count). The summed E-state index contributed by atoms with van der Waals surface area (Å²) in [6, 6.07) is 18.1. The molecule has 25 heavy (non-hydrogen) atoms. The number of carbonyl (C=O) groups excluding carboxylic acids is 2. The van der Waals surface area contributed by atoms with Crippen molar-refractivity contribution < 1.29 is 14.3 Å². The first-order chi connectivity index (χ1) is 12.1. The summed E-state index contributed by atoms with van der Waals surface area (Å²) in [5, 5.41) is 5.61. The minimum Gasteiger partial charge on any atom is -0.484 e. The number of para-hydroxylation sites is 1. The molecule has 0 heterocycles. The summed E-state index contributed by atoms with van der Waals surface area (Å²) in [5.41, 5.74) is 1.01. The van der Waals surface area contributed by atoms with Gasteiger partial charge in [0.05, 0.1) is 0 Å². The van der Waals surface area contributed by atoms with Crippen LogP contribution in [-0.4, -0.2) is 24.5 Å². The fourth-order valence-electron chi connectivity index (χ4n) is 2.31. The Balaban J connectivity index is 1.84. The average molecular weight is 340 g/mol. The maximum atomic E-state index is 12.4. The Kier molecular flexibility index (Phi) is 7.01. The molecule has 2 N–H and O–H groups in total. The van der Waals surface area contributed by atoms with Crippen molar-refractivity contribution in [2.75, 3.05) is 6.61 Å². The van der Waals surface area contributed by atoms with Gasteiger partial charge in [-0.3, -0.25) is 9.59 Å². The van der Waals surface area contributed by atoms with Crippen LogP contribution in [0.3, 0.4) is 0 Å². The van der Waals surface area contributed by atoms with E-state index in [1.165, 1.54) is 0 Å². The Labute approximate surface area is 148 Å². The van der Waals surface area contributed by atoms with Crippen LogP contribution in [0.15, 0.2) is 60.7 Å². The number of ether oxygens (including phenoxy) is 1. The molecule has 2 amide bonds. The lowest BCUT2D eigenvalue weighted by Gasteiger charge is -2.21. The molecule has 0 bridgehead atoms. The monoisotopic (exact) mass is 340 g/mol. The molecule has 0 aliphatic heterocycles. The molecule has 5 nitrogen and oxygen atoms in total. The molecule has 0 aliphatic rings. The summed E-state index contributed by atoms with van der Waals surface area (Å²) in [6.07, 6.45) is 0. The second-order valence-corrected chi connectivity index (χ2v) is 6.09. The Morgan fingerprint density at radius 3 is 2.16 bits per heavy atom.